The van der Waals surface area contributed by atoms with E-state index in [0.29, 0.717) is 18.1 Å². The monoisotopic (exact) mass is 362 g/mol. The molecule has 3 rings (SSSR count). The maximum atomic E-state index is 12.9. The van der Waals surface area contributed by atoms with Gasteiger partial charge >= 0.3 is 0 Å². The molecule has 0 saturated heterocycles. The highest BCUT2D eigenvalue weighted by molar-refractivity contribution is 7.99. The number of benzene rings is 1. The van der Waals surface area contributed by atoms with Gasteiger partial charge in [-0.1, -0.05) is 0 Å². The number of thioether (sulfide) groups is 1. The van der Waals surface area contributed by atoms with E-state index in [4.69, 9.17) is 4.42 Å². The van der Waals surface area contributed by atoms with E-state index in [2.05, 4.69) is 10.3 Å². The summed E-state index contributed by atoms with van der Waals surface area (Å²) in [6.07, 6.45) is 1.58. The number of nitrogens with one attached hydrogen (secondary N) is 1. The number of amides is 1. The molecule has 0 bridgehead atoms. The average Bonchev–Trinajstić information content (AvgIpc) is 3.25. The molecule has 0 spiro atoms. The van der Waals surface area contributed by atoms with E-state index in [-0.39, 0.29) is 11.7 Å². The molecule has 1 amide bonds. The molecule has 2 heterocycles. The highest BCUT2D eigenvalue weighted by atomic mass is 32.2. The molecule has 2 aromatic heterocycles. The molecule has 24 heavy (non-hydrogen) atoms. The van der Waals surface area contributed by atoms with Gasteiger partial charge in [0.1, 0.15) is 16.6 Å². The number of carbonyl (C=O) groups is 1. The Kier molecular flexibility index (Phi) is 5.66. The summed E-state index contributed by atoms with van der Waals surface area (Å²) in [5, 5.41) is 5.62. The highest BCUT2D eigenvalue weighted by Gasteiger charge is 2.07. The zero-order valence-corrected chi connectivity index (χ0v) is 14.3. The van der Waals surface area contributed by atoms with Crippen molar-refractivity contribution in [2.75, 3.05) is 5.75 Å². The minimum Gasteiger partial charge on any atom is -0.467 e. The largest absolute Gasteiger partial charge is 0.467 e. The molecule has 0 aliphatic heterocycles. The maximum Gasteiger partial charge on any atom is 0.230 e. The van der Waals surface area contributed by atoms with Crippen molar-refractivity contribution in [1.82, 2.24) is 10.3 Å². The van der Waals surface area contributed by atoms with Crippen LogP contribution in [0.1, 0.15) is 11.5 Å². The van der Waals surface area contributed by atoms with Crippen LogP contribution in [0.3, 0.4) is 0 Å². The van der Waals surface area contributed by atoms with Gasteiger partial charge in [-0.25, -0.2) is 9.37 Å². The van der Waals surface area contributed by atoms with Gasteiger partial charge in [0.25, 0.3) is 0 Å². The second-order valence-electron chi connectivity index (χ2n) is 5.00. The van der Waals surface area contributed by atoms with Gasteiger partial charge in [0, 0.05) is 16.7 Å². The first-order valence-corrected chi connectivity index (χ1v) is 9.31. The number of thiazole rings is 1. The summed E-state index contributed by atoms with van der Waals surface area (Å²) in [6.45, 7) is 0.401. The number of carbonyl (C=O) groups excluding carboxylic acids is 1. The predicted octanol–water partition coefficient (Wildman–Crippen LogP) is 4.09. The smallest absolute Gasteiger partial charge is 0.230 e. The second kappa shape index (κ2) is 8.12. The lowest BCUT2D eigenvalue weighted by molar-refractivity contribution is -0.118. The lowest BCUT2D eigenvalue weighted by atomic mass is 10.2. The molecular weight excluding hydrogens is 347 g/mol. The normalized spacial score (nSPS) is 10.7. The van der Waals surface area contributed by atoms with Gasteiger partial charge in [0.15, 0.2) is 0 Å². The Morgan fingerprint density at radius 1 is 1.29 bits per heavy atom. The van der Waals surface area contributed by atoms with Crippen LogP contribution in [0.2, 0.25) is 0 Å². The van der Waals surface area contributed by atoms with Crippen LogP contribution in [0.25, 0.3) is 10.6 Å². The van der Waals surface area contributed by atoms with Gasteiger partial charge in [0.05, 0.1) is 24.3 Å². The topological polar surface area (TPSA) is 55.1 Å². The van der Waals surface area contributed by atoms with Gasteiger partial charge in [-0.15, -0.1) is 23.1 Å². The highest BCUT2D eigenvalue weighted by Crippen LogP contribution is 2.25. The summed E-state index contributed by atoms with van der Waals surface area (Å²) in [5.41, 5.74) is 1.82. The fraction of sp³-hybridized carbons (Fsp3) is 0.176. The summed E-state index contributed by atoms with van der Waals surface area (Å²) >= 11 is 3.02. The van der Waals surface area contributed by atoms with Crippen LogP contribution >= 0.6 is 23.1 Å². The van der Waals surface area contributed by atoms with Crippen LogP contribution in [0, 0.1) is 5.82 Å². The van der Waals surface area contributed by atoms with E-state index in [0.717, 1.165) is 22.0 Å². The van der Waals surface area contributed by atoms with Gasteiger partial charge in [-0.05, 0) is 36.4 Å². The first-order valence-electron chi connectivity index (χ1n) is 7.28. The van der Waals surface area contributed by atoms with Crippen LogP contribution in [0.15, 0.2) is 52.5 Å². The molecule has 0 radical (unpaired) electrons. The van der Waals surface area contributed by atoms with E-state index in [1.54, 1.807) is 24.5 Å². The predicted molar refractivity (Wildman–Crippen MR) is 94.2 cm³/mol. The Morgan fingerprint density at radius 3 is 2.88 bits per heavy atom. The molecule has 0 fully saturated rings. The number of halogens is 1. The Balaban J connectivity index is 1.43. The standard InChI is InChI=1S/C17H15FN2O2S2/c18-13-5-3-12(4-6-13)17-20-14(10-24-17)9-23-11-16(21)19-8-15-2-1-7-22-15/h1-7,10H,8-9,11H2,(H,19,21). The van der Waals surface area contributed by atoms with Crippen molar-refractivity contribution in [1.29, 1.82) is 0 Å². The first kappa shape index (κ1) is 16.7. The maximum absolute atomic E-state index is 12.9. The van der Waals surface area contributed by atoms with E-state index in [1.807, 2.05) is 11.4 Å². The third-order valence-corrected chi connectivity index (χ3v) is 5.07. The third-order valence-electron chi connectivity index (χ3n) is 3.17. The Labute approximate surface area is 147 Å². The molecule has 1 N–H and O–H groups in total. The van der Waals surface area contributed by atoms with Crippen LogP contribution in [0.5, 0.6) is 0 Å². The summed E-state index contributed by atoms with van der Waals surface area (Å²) in [4.78, 5) is 16.3. The molecule has 4 nitrogen and oxygen atoms in total. The summed E-state index contributed by atoms with van der Waals surface area (Å²) < 4.78 is 18.1. The van der Waals surface area contributed by atoms with Gasteiger partial charge in [0.2, 0.25) is 5.91 Å². The number of hydrogen-bond acceptors (Lipinski definition) is 5. The van der Waals surface area contributed by atoms with Crippen molar-refractivity contribution >= 4 is 29.0 Å². The van der Waals surface area contributed by atoms with Crippen molar-refractivity contribution in [3.63, 3.8) is 0 Å². The summed E-state index contributed by atoms with van der Waals surface area (Å²) in [6, 6.07) is 9.89. The van der Waals surface area contributed by atoms with Crippen molar-refractivity contribution < 1.29 is 13.6 Å². The fourth-order valence-corrected chi connectivity index (χ4v) is 3.67. The molecule has 0 unspecified atom stereocenters. The molecule has 124 valence electrons. The van der Waals surface area contributed by atoms with Gasteiger partial charge in [-0.2, -0.15) is 0 Å². The molecule has 7 heteroatoms. The Morgan fingerprint density at radius 2 is 2.12 bits per heavy atom. The Hall–Kier alpha value is -2.12. The SMILES string of the molecule is O=C(CSCc1csc(-c2ccc(F)cc2)n1)NCc1ccco1. The molecule has 0 atom stereocenters. The molecule has 0 aliphatic carbocycles. The molecule has 0 saturated carbocycles. The zero-order chi connectivity index (χ0) is 16.8. The number of rotatable bonds is 7. The lowest BCUT2D eigenvalue weighted by Gasteiger charge is -2.02. The summed E-state index contributed by atoms with van der Waals surface area (Å²) in [5.74, 6) is 1.46. The van der Waals surface area contributed by atoms with Crippen molar-refractivity contribution in [3.05, 3.63) is 65.3 Å². The minimum absolute atomic E-state index is 0.0367. The van der Waals surface area contributed by atoms with E-state index in [9.17, 15) is 9.18 Å². The first-order chi connectivity index (χ1) is 11.7. The van der Waals surface area contributed by atoms with Crippen LogP contribution in [-0.4, -0.2) is 16.6 Å². The number of hydrogen-bond donors (Lipinski definition) is 1. The number of furan rings is 1. The second-order valence-corrected chi connectivity index (χ2v) is 6.84. The van der Waals surface area contributed by atoms with Crippen molar-refractivity contribution in [2.24, 2.45) is 0 Å². The average molecular weight is 362 g/mol. The van der Waals surface area contributed by atoms with E-state index in [1.165, 1.54) is 35.2 Å². The Bertz CT molecular complexity index is 785. The minimum atomic E-state index is -0.258. The van der Waals surface area contributed by atoms with Crippen LogP contribution in [0.4, 0.5) is 4.39 Å². The third kappa shape index (κ3) is 4.69. The fourth-order valence-electron chi connectivity index (χ4n) is 2.00. The van der Waals surface area contributed by atoms with E-state index < -0.39 is 0 Å². The van der Waals surface area contributed by atoms with Gasteiger partial charge < -0.3 is 9.73 Å². The van der Waals surface area contributed by atoms with Crippen LogP contribution in [-0.2, 0) is 17.1 Å². The van der Waals surface area contributed by atoms with Gasteiger partial charge in [-0.3, -0.25) is 4.79 Å². The summed E-state index contributed by atoms with van der Waals surface area (Å²) in [7, 11) is 0. The molecule has 0 aliphatic rings. The lowest BCUT2D eigenvalue weighted by Crippen LogP contribution is -2.24. The quantitative estimate of drug-likeness (QED) is 0.688. The molecular formula is C17H15FN2O2S2. The number of aromatic nitrogens is 1. The number of nitrogens with zero attached hydrogens (tertiary/aromatic N) is 1. The van der Waals surface area contributed by atoms with E-state index >= 15 is 0 Å². The van der Waals surface area contributed by atoms with Crippen molar-refractivity contribution in [2.45, 2.75) is 12.3 Å². The zero-order valence-electron chi connectivity index (χ0n) is 12.7. The van der Waals surface area contributed by atoms with Crippen molar-refractivity contribution in [3.8, 4) is 10.6 Å². The van der Waals surface area contributed by atoms with Crippen LogP contribution < -0.4 is 5.32 Å². The molecule has 3 aromatic rings. The molecule has 1 aromatic carbocycles.